The van der Waals surface area contributed by atoms with Gasteiger partial charge < -0.3 is 20.6 Å². The Hall–Kier alpha value is -1.94. The van der Waals surface area contributed by atoms with Gasteiger partial charge in [-0.2, -0.15) is 0 Å². The van der Waals surface area contributed by atoms with E-state index in [9.17, 15) is 9.90 Å². The Morgan fingerprint density at radius 2 is 1.93 bits per heavy atom. The Balaban J connectivity index is 0.00000320. The Morgan fingerprint density at radius 1 is 1.20 bits per heavy atom. The number of carbonyl (C=O) groups excluding carboxylic acids is 1. The summed E-state index contributed by atoms with van der Waals surface area (Å²) in [5.74, 6) is 2.47. The zero-order valence-electron chi connectivity index (χ0n) is 17.1. The lowest BCUT2D eigenvalue weighted by atomic mass is 10.2. The number of aliphatic imine (C=N–C) groups is 1. The Bertz CT molecular complexity index is 818. The second kappa shape index (κ2) is 12.7. The maximum atomic E-state index is 12.2. The van der Waals surface area contributed by atoms with Gasteiger partial charge in [0.25, 0.3) is 0 Å². The van der Waals surface area contributed by atoms with Crippen molar-refractivity contribution in [2.75, 3.05) is 37.2 Å². The van der Waals surface area contributed by atoms with Gasteiger partial charge in [0, 0.05) is 36.0 Å². The molecule has 1 amide bonds. The van der Waals surface area contributed by atoms with Crippen molar-refractivity contribution in [3.63, 3.8) is 0 Å². The Labute approximate surface area is 199 Å². The third kappa shape index (κ3) is 7.71. The summed E-state index contributed by atoms with van der Waals surface area (Å²) in [6.45, 7) is 4.75. The van der Waals surface area contributed by atoms with Crippen molar-refractivity contribution < 1.29 is 9.90 Å². The smallest absolute Gasteiger partial charge is 0.246 e. The molecule has 3 N–H and O–H groups in total. The standard InChI is InChI=1S/C22H28N4O2S.HI/c1-2-23-22(24-14-21(28)25-18-8-10-19(27)11-9-18)26-13-12-17(15-26)16-29-20-6-4-3-5-7-20;/h3-11,17,27H,2,12-16H2,1H3,(H,23,24)(H,25,28);1H. The molecule has 0 bridgehead atoms. The maximum Gasteiger partial charge on any atom is 0.246 e. The molecule has 0 spiro atoms. The van der Waals surface area contributed by atoms with Crippen molar-refractivity contribution in [2.45, 2.75) is 18.2 Å². The number of guanidine groups is 1. The van der Waals surface area contributed by atoms with Crippen molar-refractivity contribution >= 4 is 53.3 Å². The molecule has 1 atom stereocenters. The molecule has 1 aliphatic rings. The van der Waals surface area contributed by atoms with Gasteiger partial charge in [-0.3, -0.25) is 4.79 Å². The van der Waals surface area contributed by atoms with Crippen LogP contribution in [0.1, 0.15) is 13.3 Å². The minimum Gasteiger partial charge on any atom is -0.508 e. The highest BCUT2D eigenvalue weighted by Gasteiger charge is 2.25. The van der Waals surface area contributed by atoms with E-state index in [0.29, 0.717) is 11.6 Å². The molecular weight excluding hydrogens is 511 g/mol. The number of nitrogens with zero attached hydrogens (tertiary/aromatic N) is 2. The molecule has 0 saturated carbocycles. The van der Waals surface area contributed by atoms with Crippen molar-refractivity contribution in [1.29, 1.82) is 0 Å². The zero-order valence-corrected chi connectivity index (χ0v) is 20.2. The summed E-state index contributed by atoms with van der Waals surface area (Å²) in [6.07, 6.45) is 1.13. The van der Waals surface area contributed by atoms with Crippen LogP contribution in [0.25, 0.3) is 0 Å². The molecule has 1 fully saturated rings. The topological polar surface area (TPSA) is 77.0 Å². The van der Waals surface area contributed by atoms with Gasteiger partial charge >= 0.3 is 0 Å². The summed E-state index contributed by atoms with van der Waals surface area (Å²) in [4.78, 5) is 20.3. The number of phenols is 1. The van der Waals surface area contributed by atoms with Crippen molar-refractivity contribution in [1.82, 2.24) is 10.2 Å². The molecule has 1 aliphatic heterocycles. The van der Waals surface area contributed by atoms with Crippen LogP contribution in [0.5, 0.6) is 5.75 Å². The zero-order chi connectivity index (χ0) is 20.5. The minimum absolute atomic E-state index is 0. The predicted molar refractivity (Wildman–Crippen MR) is 135 cm³/mol. The molecule has 0 aromatic heterocycles. The molecule has 2 aromatic carbocycles. The fraction of sp³-hybridized carbons (Fsp3) is 0.364. The first-order valence-corrected chi connectivity index (χ1v) is 10.9. The van der Waals surface area contributed by atoms with E-state index in [-0.39, 0.29) is 42.2 Å². The van der Waals surface area contributed by atoms with E-state index < -0.39 is 0 Å². The lowest BCUT2D eigenvalue weighted by Crippen LogP contribution is -2.40. The van der Waals surface area contributed by atoms with Gasteiger partial charge in [-0.1, -0.05) is 18.2 Å². The first-order chi connectivity index (χ1) is 14.1. The van der Waals surface area contributed by atoms with Gasteiger partial charge in [0.05, 0.1) is 0 Å². The van der Waals surface area contributed by atoms with Gasteiger partial charge in [-0.15, -0.1) is 35.7 Å². The van der Waals surface area contributed by atoms with Crippen LogP contribution in [-0.2, 0) is 4.79 Å². The Morgan fingerprint density at radius 3 is 2.63 bits per heavy atom. The molecule has 8 heteroatoms. The number of thioether (sulfide) groups is 1. The monoisotopic (exact) mass is 540 g/mol. The van der Waals surface area contributed by atoms with E-state index in [4.69, 9.17) is 0 Å². The van der Waals surface area contributed by atoms with E-state index in [1.54, 1.807) is 24.3 Å². The van der Waals surface area contributed by atoms with Crippen LogP contribution < -0.4 is 10.6 Å². The normalized spacial score (nSPS) is 16.1. The van der Waals surface area contributed by atoms with Crippen LogP contribution in [0.2, 0.25) is 0 Å². The number of hydrogen-bond acceptors (Lipinski definition) is 4. The predicted octanol–water partition coefficient (Wildman–Crippen LogP) is 4.03. The number of likely N-dealkylation sites (tertiary alicyclic amines) is 1. The van der Waals surface area contributed by atoms with Crippen LogP contribution in [0.4, 0.5) is 5.69 Å². The molecule has 1 unspecified atom stereocenters. The number of carbonyl (C=O) groups is 1. The van der Waals surface area contributed by atoms with E-state index in [2.05, 4.69) is 44.8 Å². The summed E-state index contributed by atoms with van der Waals surface area (Å²) >= 11 is 1.90. The minimum atomic E-state index is -0.179. The lowest BCUT2D eigenvalue weighted by Gasteiger charge is -2.21. The molecule has 0 radical (unpaired) electrons. The molecule has 3 rings (SSSR count). The number of aromatic hydroxyl groups is 1. The molecular formula is C22H29IN4O2S. The Kier molecular flexibility index (Phi) is 10.3. The third-order valence-corrected chi connectivity index (χ3v) is 5.92. The van der Waals surface area contributed by atoms with E-state index >= 15 is 0 Å². The summed E-state index contributed by atoms with van der Waals surface area (Å²) in [5.41, 5.74) is 0.646. The van der Waals surface area contributed by atoms with Crippen LogP contribution >= 0.6 is 35.7 Å². The van der Waals surface area contributed by atoms with Crippen molar-refractivity contribution in [3.8, 4) is 5.75 Å². The average molecular weight is 540 g/mol. The first-order valence-electron chi connectivity index (χ1n) is 9.94. The second-order valence-electron chi connectivity index (χ2n) is 6.99. The number of phenolic OH excluding ortho intramolecular Hbond substituents is 1. The number of hydrogen-bond donors (Lipinski definition) is 3. The van der Waals surface area contributed by atoms with E-state index in [0.717, 1.165) is 37.8 Å². The van der Waals surface area contributed by atoms with Crippen molar-refractivity contribution in [3.05, 3.63) is 54.6 Å². The number of halogens is 1. The SMILES string of the molecule is CCNC(=NCC(=O)Nc1ccc(O)cc1)N1CCC(CSc2ccccc2)C1.I. The van der Waals surface area contributed by atoms with Gasteiger partial charge in [0.15, 0.2) is 5.96 Å². The molecule has 30 heavy (non-hydrogen) atoms. The summed E-state index contributed by atoms with van der Waals surface area (Å²) in [5, 5.41) is 15.4. The number of rotatable bonds is 7. The second-order valence-corrected chi connectivity index (χ2v) is 8.08. The fourth-order valence-electron chi connectivity index (χ4n) is 3.21. The quantitative estimate of drug-likeness (QED) is 0.163. The highest BCUT2D eigenvalue weighted by Crippen LogP contribution is 2.25. The summed E-state index contributed by atoms with van der Waals surface area (Å²) in [7, 11) is 0. The van der Waals surface area contributed by atoms with Crippen LogP contribution in [0.3, 0.4) is 0 Å². The molecule has 0 aliphatic carbocycles. The number of benzene rings is 2. The maximum absolute atomic E-state index is 12.2. The molecule has 6 nitrogen and oxygen atoms in total. The van der Waals surface area contributed by atoms with Crippen LogP contribution in [0.15, 0.2) is 64.5 Å². The first kappa shape index (κ1) is 24.3. The highest BCUT2D eigenvalue weighted by molar-refractivity contribution is 14.0. The number of amides is 1. The van der Waals surface area contributed by atoms with Crippen LogP contribution in [0, 0.1) is 5.92 Å². The van der Waals surface area contributed by atoms with Gasteiger partial charge in [0.1, 0.15) is 12.3 Å². The van der Waals surface area contributed by atoms with Crippen LogP contribution in [-0.4, -0.2) is 53.8 Å². The average Bonchev–Trinajstić information content (AvgIpc) is 3.21. The molecule has 162 valence electrons. The highest BCUT2D eigenvalue weighted by atomic mass is 127. The van der Waals surface area contributed by atoms with E-state index in [1.807, 2.05) is 24.8 Å². The van der Waals surface area contributed by atoms with Gasteiger partial charge in [-0.05, 0) is 55.7 Å². The van der Waals surface area contributed by atoms with E-state index in [1.165, 1.54) is 4.90 Å². The molecule has 1 heterocycles. The number of nitrogens with one attached hydrogen (secondary N) is 2. The van der Waals surface area contributed by atoms with Crippen molar-refractivity contribution in [2.24, 2.45) is 10.9 Å². The number of anilines is 1. The lowest BCUT2D eigenvalue weighted by molar-refractivity contribution is -0.114. The fourth-order valence-corrected chi connectivity index (χ4v) is 4.26. The van der Waals surface area contributed by atoms with Gasteiger partial charge in [-0.25, -0.2) is 4.99 Å². The molecule has 2 aromatic rings. The largest absolute Gasteiger partial charge is 0.508 e. The molecule has 1 saturated heterocycles. The summed E-state index contributed by atoms with van der Waals surface area (Å²) in [6, 6.07) is 16.9. The van der Waals surface area contributed by atoms with Gasteiger partial charge in [0.2, 0.25) is 5.91 Å². The summed E-state index contributed by atoms with van der Waals surface area (Å²) < 4.78 is 0. The third-order valence-electron chi connectivity index (χ3n) is 4.67.